The molecule has 0 bridgehead atoms. The Morgan fingerprint density at radius 2 is 2.17 bits per heavy atom. The summed E-state index contributed by atoms with van der Waals surface area (Å²) in [7, 11) is 0. The smallest absolute Gasteiger partial charge is 0.344 e. The molecule has 0 amide bonds. The van der Waals surface area contributed by atoms with Crippen molar-refractivity contribution in [2.45, 2.75) is 45.4 Å². The average Bonchev–Trinajstić information content (AvgIpc) is 3.32. The Hall–Kier alpha value is -2.91. The minimum atomic E-state index is -0.414. The van der Waals surface area contributed by atoms with Gasteiger partial charge in [-0.2, -0.15) is 0 Å². The van der Waals surface area contributed by atoms with E-state index in [1.165, 1.54) is 25.0 Å². The summed E-state index contributed by atoms with van der Waals surface area (Å²) >= 11 is 1.59. The molecule has 2 heterocycles. The molecule has 1 fully saturated rings. The van der Waals surface area contributed by atoms with Crippen LogP contribution in [0.2, 0.25) is 0 Å². The Bertz CT molecular complexity index is 1080. The number of hydrogen-bond donors (Lipinski definition) is 0. The summed E-state index contributed by atoms with van der Waals surface area (Å²) in [6, 6.07) is 7.60. The van der Waals surface area contributed by atoms with E-state index in [1.54, 1.807) is 18.3 Å². The summed E-state index contributed by atoms with van der Waals surface area (Å²) in [6.07, 6.45) is 4.35. The second kappa shape index (κ2) is 8.62. The van der Waals surface area contributed by atoms with Gasteiger partial charge in [0.25, 0.3) is 0 Å². The number of thiazole rings is 1. The van der Waals surface area contributed by atoms with Gasteiger partial charge in [-0.25, -0.2) is 9.78 Å². The Morgan fingerprint density at radius 3 is 2.90 bits per heavy atom. The fourth-order valence-electron chi connectivity index (χ4n) is 3.27. The van der Waals surface area contributed by atoms with E-state index in [4.69, 9.17) is 9.26 Å². The first-order chi connectivity index (χ1) is 14.2. The Labute approximate surface area is 174 Å². The molecule has 5 nitrogen and oxygen atoms in total. The SMILES string of the molecule is CCOC(=O)c1c(CC)noc1-c1cccc(C#Cc2nc(C3CCC3)cs2)c1. The van der Waals surface area contributed by atoms with Crippen LogP contribution in [0.15, 0.2) is 34.2 Å². The van der Waals surface area contributed by atoms with Crippen molar-refractivity contribution in [3.63, 3.8) is 0 Å². The number of carbonyl (C=O) groups is 1. The highest BCUT2D eigenvalue weighted by molar-refractivity contribution is 7.10. The van der Waals surface area contributed by atoms with Crippen molar-refractivity contribution in [2.24, 2.45) is 0 Å². The molecule has 0 spiro atoms. The van der Waals surface area contributed by atoms with E-state index < -0.39 is 5.97 Å². The zero-order valence-electron chi connectivity index (χ0n) is 16.5. The van der Waals surface area contributed by atoms with Crippen LogP contribution < -0.4 is 0 Å². The molecular weight excluding hydrogens is 384 g/mol. The van der Waals surface area contributed by atoms with Gasteiger partial charge in [-0.05, 0) is 44.2 Å². The van der Waals surface area contributed by atoms with Crippen LogP contribution in [0.1, 0.15) is 71.3 Å². The zero-order chi connectivity index (χ0) is 20.2. The van der Waals surface area contributed by atoms with Crippen molar-refractivity contribution in [1.82, 2.24) is 10.1 Å². The molecule has 0 radical (unpaired) electrons. The van der Waals surface area contributed by atoms with Crippen LogP contribution in [0.4, 0.5) is 0 Å². The summed E-state index contributed by atoms with van der Waals surface area (Å²) < 4.78 is 10.7. The number of aryl methyl sites for hydroxylation is 1. The van der Waals surface area contributed by atoms with Crippen molar-refractivity contribution >= 4 is 17.3 Å². The molecule has 0 unspecified atom stereocenters. The van der Waals surface area contributed by atoms with Crippen LogP contribution in [0, 0.1) is 11.8 Å². The highest BCUT2D eigenvalue weighted by Gasteiger charge is 2.24. The Kier molecular flexibility index (Phi) is 5.77. The molecule has 4 rings (SSSR count). The molecule has 29 heavy (non-hydrogen) atoms. The molecule has 1 aliphatic rings. The number of hydrogen-bond acceptors (Lipinski definition) is 6. The van der Waals surface area contributed by atoms with Crippen LogP contribution in [-0.2, 0) is 11.2 Å². The monoisotopic (exact) mass is 406 g/mol. The zero-order valence-corrected chi connectivity index (χ0v) is 17.3. The molecular formula is C23H22N2O3S. The predicted molar refractivity (Wildman–Crippen MR) is 112 cm³/mol. The van der Waals surface area contributed by atoms with Crippen molar-refractivity contribution in [3.8, 4) is 23.2 Å². The van der Waals surface area contributed by atoms with Gasteiger partial charge in [0.15, 0.2) is 10.8 Å². The van der Waals surface area contributed by atoms with Crippen molar-refractivity contribution in [2.75, 3.05) is 6.61 Å². The fourth-order valence-corrected chi connectivity index (χ4v) is 4.02. The second-order valence-electron chi connectivity index (χ2n) is 6.94. The molecule has 1 aromatic carbocycles. The first-order valence-corrected chi connectivity index (χ1v) is 10.8. The standard InChI is InChI=1S/C23H22N2O3S/c1-3-18-21(23(26)27-4-2)22(28-25-18)17-10-5-7-15(13-17)11-12-20-24-19(14-29-20)16-8-6-9-16/h5,7,10,13-14,16H,3-4,6,8-9H2,1-2H3. The maximum Gasteiger partial charge on any atom is 0.344 e. The fraction of sp³-hybridized carbons (Fsp3) is 0.348. The molecule has 2 aromatic heterocycles. The predicted octanol–water partition coefficient (Wildman–Crippen LogP) is 5.20. The molecule has 0 aliphatic heterocycles. The molecule has 6 heteroatoms. The minimum absolute atomic E-state index is 0.300. The van der Waals surface area contributed by atoms with Gasteiger partial charge < -0.3 is 9.26 Å². The van der Waals surface area contributed by atoms with E-state index >= 15 is 0 Å². The lowest BCUT2D eigenvalue weighted by molar-refractivity contribution is 0.0525. The Balaban J connectivity index is 1.61. The van der Waals surface area contributed by atoms with Crippen LogP contribution in [-0.4, -0.2) is 22.7 Å². The lowest BCUT2D eigenvalue weighted by Crippen LogP contribution is -2.08. The number of carbonyl (C=O) groups excluding carboxylic acids is 1. The van der Waals surface area contributed by atoms with Gasteiger partial charge >= 0.3 is 5.97 Å². The van der Waals surface area contributed by atoms with Crippen LogP contribution in [0.3, 0.4) is 0 Å². The topological polar surface area (TPSA) is 65.2 Å². The molecule has 148 valence electrons. The average molecular weight is 407 g/mol. The van der Waals surface area contributed by atoms with Crippen molar-refractivity contribution in [3.05, 3.63) is 57.2 Å². The Morgan fingerprint density at radius 1 is 1.31 bits per heavy atom. The van der Waals surface area contributed by atoms with Gasteiger partial charge in [0.1, 0.15) is 5.56 Å². The summed E-state index contributed by atoms with van der Waals surface area (Å²) in [5, 5.41) is 7.00. The van der Waals surface area contributed by atoms with E-state index in [0.717, 1.165) is 16.1 Å². The van der Waals surface area contributed by atoms with E-state index in [0.29, 0.717) is 36.0 Å². The van der Waals surface area contributed by atoms with Crippen LogP contribution in [0.25, 0.3) is 11.3 Å². The first kappa shape index (κ1) is 19.4. The van der Waals surface area contributed by atoms with Crippen LogP contribution >= 0.6 is 11.3 Å². The van der Waals surface area contributed by atoms with Gasteiger partial charge in [0.05, 0.1) is 18.0 Å². The first-order valence-electron chi connectivity index (χ1n) is 9.93. The second-order valence-corrected chi connectivity index (χ2v) is 7.80. The maximum absolute atomic E-state index is 12.4. The molecule has 1 saturated carbocycles. The summed E-state index contributed by atoms with van der Waals surface area (Å²) in [5.41, 5.74) is 3.74. The van der Waals surface area contributed by atoms with Gasteiger partial charge in [-0.1, -0.05) is 36.6 Å². The highest BCUT2D eigenvalue weighted by atomic mass is 32.1. The highest BCUT2D eigenvalue weighted by Crippen LogP contribution is 2.36. The third kappa shape index (κ3) is 4.10. The van der Waals surface area contributed by atoms with Gasteiger partial charge in [0, 0.05) is 22.4 Å². The molecule has 0 saturated heterocycles. The molecule has 1 aliphatic carbocycles. The van der Waals surface area contributed by atoms with E-state index in [1.807, 2.05) is 31.2 Å². The normalized spacial score (nSPS) is 13.4. The van der Waals surface area contributed by atoms with Crippen LogP contribution in [0.5, 0.6) is 0 Å². The molecule has 3 aromatic rings. The molecule has 0 N–H and O–H groups in total. The van der Waals surface area contributed by atoms with E-state index in [9.17, 15) is 4.79 Å². The number of esters is 1. The maximum atomic E-state index is 12.4. The largest absolute Gasteiger partial charge is 0.462 e. The van der Waals surface area contributed by atoms with Crippen molar-refractivity contribution < 1.29 is 14.1 Å². The third-order valence-electron chi connectivity index (χ3n) is 5.06. The minimum Gasteiger partial charge on any atom is -0.462 e. The van der Waals surface area contributed by atoms with Crippen molar-refractivity contribution in [1.29, 1.82) is 0 Å². The van der Waals surface area contributed by atoms with E-state index in [-0.39, 0.29) is 0 Å². The third-order valence-corrected chi connectivity index (χ3v) is 5.84. The number of aromatic nitrogens is 2. The number of benzene rings is 1. The number of rotatable bonds is 5. The lowest BCUT2D eigenvalue weighted by Gasteiger charge is -2.22. The van der Waals surface area contributed by atoms with Gasteiger partial charge in [-0.15, -0.1) is 11.3 Å². The quantitative estimate of drug-likeness (QED) is 0.430. The number of nitrogens with zero attached hydrogens (tertiary/aromatic N) is 2. The summed E-state index contributed by atoms with van der Waals surface area (Å²) in [5.74, 6) is 6.95. The lowest BCUT2D eigenvalue weighted by atomic mass is 9.83. The molecule has 0 atom stereocenters. The number of ether oxygens (including phenoxy) is 1. The summed E-state index contributed by atoms with van der Waals surface area (Å²) in [4.78, 5) is 17.1. The van der Waals surface area contributed by atoms with E-state index in [2.05, 4.69) is 27.4 Å². The van der Waals surface area contributed by atoms with Gasteiger partial charge in [-0.3, -0.25) is 0 Å². The van der Waals surface area contributed by atoms with Gasteiger partial charge in [0.2, 0.25) is 0 Å². The summed E-state index contributed by atoms with van der Waals surface area (Å²) in [6.45, 7) is 4.01.